The molecule has 17 heavy (non-hydrogen) atoms. The van der Waals surface area contributed by atoms with Crippen LogP contribution in [-0.4, -0.2) is 20.1 Å². The van der Waals surface area contributed by atoms with E-state index in [1.54, 1.807) is 30.3 Å². The van der Waals surface area contributed by atoms with E-state index in [4.69, 9.17) is 5.73 Å². The third-order valence-corrected chi connectivity index (χ3v) is 4.35. The van der Waals surface area contributed by atoms with Gasteiger partial charge < -0.3 is 10.5 Å². The molecule has 0 bridgehead atoms. The standard InChI is InChI=1S/C12H11NO3S/c13-12(8-14)17(15,16)11-7-3-5-9-4-1-2-6-10(9)11/h1-8,12H,13H2. The smallest absolute Gasteiger partial charge is 0.201 e. The average molecular weight is 249 g/mol. The van der Waals surface area contributed by atoms with Crippen LogP contribution in [0.3, 0.4) is 0 Å². The third kappa shape index (κ3) is 1.94. The lowest BCUT2D eigenvalue weighted by Crippen LogP contribution is -2.32. The molecule has 88 valence electrons. The molecule has 0 aliphatic carbocycles. The first-order chi connectivity index (χ1) is 8.07. The van der Waals surface area contributed by atoms with Crippen LogP contribution in [0, 0.1) is 0 Å². The molecule has 0 fully saturated rings. The van der Waals surface area contributed by atoms with Crippen molar-refractivity contribution >= 4 is 26.9 Å². The summed E-state index contributed by atoms with van der Waals surface area (Å²) in [6.07, 6.45) is 0.233. The van der Waals surface area contributed by atoms with E-state index < -0.39 is 15.2 Å². The van der Waals surface area contributed by atoms with Gasteiger partial charge >= 0.3 is 0 Å². The maximum absolute atomic E-state index is 12.0. The summed E-state index contributed by atoms with van der Waals surface area (Å²) in [5, 5.41) is -0.146. The molecular formula is C12H11NO3S. The van der Waals surface area contributed by atoms with Gasteiger partial charge in [0.15, 0.2) is 11.7 Å². The molecule has 2 aromatic rings. The number of carbonyl (C=O) groups excluding carboxylic acids is 1. The Morgan fingerprint density at radius 1 is 1.06 bits per heavy atom. The number of sulfone groups is 1. The van der Waals surface area contributed by atoms with Crippen LogP contribution in [0.4, 0.5) is 0 Å². The number of hydrogen-bond acceptors (Lipinski definition) is 4. The molecular weight excluding hydrogens is 238 g/mol. The van der Waals surface area contributed by atoms with E-state index in [0.717, 1.165) is 5.39 Å². The lowest BCUT2D eigenvalue weighted by atomic mass is 10.1. The predicted molar refractivity (Wildman–Crippen MR) is 65.2 cm³/mol. The number of aldehydes is 1. The second-order valence-electron chi connectivity index (χ2n) is 3.62. The Kier molecular flexibility index (Phi) is 2.95. The monoisotopic (exact) mass is 249 g/mol. The van der Waals surface area contributed by atoms with Gasteiger partial charge in [-0.2, -0.15) is 0 Å². The van der Waals surface area contributed by atoms with Gasteiger partial charge in [0.2, 0.25) is 9.84 Å². The van der Waals surface area contributed by atoms with Gasteiger partial charge in [-0.15, -0.1) is 0 Å². The first kappa shape index (κ1) is 11.8. The average Bonchev–Trinajstić information content (AvgIpc) is 2.37. The maximum Gasteiger partial charge on any atom is 0.201 e. The molecule has 0 heterocycles. The minimum Gasteiger partial charge on any atom is -0.309 e. The van der Waals surface area contributed by atoms with Crippen molar-refractivity contribution in [2.75, 3.05) is 0 Å². The maximum atomic E-state index is 12.0. The van der Waals surface area contributed by atoms with E-state index in [1.807, 2.05) is 6.07 Å². The number of fused-ring (bicyclic) bond motifs is 1. The largest absolute Gasteiger partial charge is 0.309 e. The Bertz CT molecular complexity index is 659. The number of nitrogens with two attached hydrogens (primary N) is 1. The summed E-state index contributed by atoms with van der Waals surface area (Å²) in [4.78, 5) is 10.6. The summed E-state index contributed by atoms with van der Waals surface area (Å²) in [6.45, 7) is 0. The highest BCUT2D eigenvalue weighted by atomic mass is 32.2. The minimum absolute atomic E-state index is 0.0928. The van der Waals surface area contributed by atoms with Crippen LogP contribution in [0.5, 0.6) is 0 Å². The molecule has 0 saturated heterocycles. The van der Waals surface area contributed by atoms with Crippen molar-refractivity contribution in [3.63, 3.8) is 0 Å². The zero-order valence-electron chi connectivity index (χ0n) is 8.91. The van der Waals surface area contributed by atoms with E-state index in [0.29, 0.717) is 5.39 Å². The highest BCUT2D eigenvalue weighted by Gasteiger charge is 2.24. The Labute approximate surface area is 99.0 Å². The fraction of sp³-hybridized carbons (Fsp3) is 0.0833. The molecule has 0 aliphatic rings. The third-order valence-electron chi connectivity index (χ3n) is 2.55. The summed E-state index contributed by atoms with van der Waals surface area (Å²) in [6, 6.07) is 12.0. The van der Waals surface area contributed by atoms with E-state index >= 15 is 0 Å². The zero-order chi connectivity index (χ0) is 12.5. The number of benzene rings is 2. The highest BCUT2D eigenvalue weighted by Crippen LogP contribution is 2.24. The van der Waals surface area contributed by atoms with Gasteiger partial charge in [0, 0.05) is 5.39 Å². The molecule has 0 saturated carbocycles. The van der Waals surface area contributed by atoms with Gasteiger partial charge in [-0.3, -0.25) is 0 Å². The van der Waals surface area contributed by atoms with Crippen LogP contribution in [0.15, 0.2) is 47.4 Å². The van der Waals surface area contributed by atoms with E-state index in [-0.39, 0.29) is 11.2 Å². The first-order valence-electron chi connectivity index (χ1n) is 5.00. The summed E-state index contributed by atoms with van der Waals surface area (Å²) < 4.78 is 24.0. The predicted octanol–water partition coefficient (Wildman–Crippen LogP) is 1.10. The summed E-state index contributed by atoms with van der Waals surface area (Å²) in [5.74, 6) is 0. The molecule has 1 atom stereocenters. The Morgan fingerprint density at radius 3 is 2.41 bits per heavy atom. The fourth-order valence-corrected chi connectivity index (χ4v) is 2.86. The fourth-order valence-electron chi connectivity index (χ4n) is 1.66. The normalized spacial score (nSPS) is 13.5. The van der Waals surface area contributed by atoms with Crippen molar-refractivity contribution in [3.8, 4) is 0 Å². The number of rotatable bonds is 3. The van der Waals surface area contributed by atoms with E-state index in [1.165, 1.54) is 6.07 Å². The van der Waals surface area contributed by atoms with E-state index in [9.17, 15) is 13.2 Å². The summed E-state index contributed by atoms with van der Waals surface area (Å²) in [5.41, 5.74) is 5.32. The Hall–Kier alpha value is -1.72. The van der Waals surface area contributed by atoms with Gasteiger partial charge in [-0.1, -0.05) is 36.4 Å². The molecule has 1 unspecified atom stereocenters. The van der Waals surface area contributed by atoms with Crippen LogP contribution in [-0.2, 0) is 14.6 Å². The van der Waals surface area contributed by atoms with Crippen molar-refractivity contribution in [3.05, 3.63) is 42.5 Å². The van der Waals surface area contributed by atoms with Crippen molar-refractivity contribution < 1.29 is 13.2 Å². The van der Waals surface area contributed by atoms with Crippen molar-refractivity contribution in [1.82, 2.24) is 0 Å². The van der Waals surface area contributed by atoms with Crippen molar-refractivity contribution in [1.29, 1.82) is 0 Å². The summed E-state index contributed by atoms with van der Waals surface area (Å²) in [7, 11) is -3.81. The van der Waals surface area contributed by atoms with Crippen LogP contribution < -0.4 is 5.73 Å². The molecule has 0 radical (unpaired) electrons. The van der Waals surface area contributed by atoms with Gasteiger partial charge in [0.25, 0.3) is 0 Å². The van der Waals surface area contributed by atoms with Crippen molar-refractivity contribution in [2.24, 2.45) is 5.73 Å². The SMILES string of the molecule is NC(C=O)S(=O)(=O)c1cccc2ccccc12. The molecule has 0 spiro atoms. The molecule has 0 aliphatic heterocycles. The van der Waals surface area contributed by atoms with Crippen LogP contribution in [0.2, 0.25) is 0 Å². The van der Waals surface area contributed by atoms with Crippen LogP contribution >= 0.6 is 0 Å². The van der Waals surface area contributed by atoms with Gasteiger partial charge in [0.1, 0.15) is 0 Å². The van der Waals surface area contributed by atoms with Gasteiger partial charge in [0.05, 0.1) is 4.90 Å². The minimum atomic E-state index is -3.81. The molecule has 0 aromatic heterocycles. The number of hydrogen-bond donors (Lipinski definition) is 1. The topological polar surface area (TPSA) is 77.2 Å². The Morgan fingerprint density at radius 2 is 1.71 bits per heavy atom. The molecule has 2 rings (SSSR count). The highest BCUT2D eigenvalue weighted by molar-refractivity contribution is 7.92. The zero-order valence-corrected chi connectivity index (χ0v) is 9.72. The lowest BCUT2D eigenvalue weighted by Gasteiger charge is -2.09. The first-order valence-corrected chi connectivity index (χ1v) is 6.54. The summed E-state index contributed by atoms with van der Waals surface area (Å²) >= 11 is 0. The van der Waals surface area contributed by atoms with Gasteiger partial charge in [-0.05, 0) is 11.5 Å². The Balaban J connectivity index is 2.76. The van der Waals surface area contributed by atoms with Crippen molar-refractivity contribution in [2.45, 2.75) is 10.3 Å². The molecule has 0 amide bonds. The quantitative estimate of drug-likeness (QED) is 0.826. The van der Waals surface area contributed by atoms with Crippen LogP contribution in [0.1, 0.15) is 0 Å². The second kappa shape index (κ2) is 4.27. The second-order valence-corrected chi connectivity index (χ2v) is 5.70. The van der Waals surface area contributed by atoms with Crippen LogP contribution in [0.25, 0.3) is 10.8 Å². The molecule has 2 N–H and O–H groups in total. The molecule has 2 aromatic carbocycles. The lowest BCUT2D eigenvalue weighted by molar-refractivity contribution is -0.107. The molecule has 4 nitrogen and oxygen atoms in total. The number of carbonyl (C=O) groups is 1. The van der Waals surface area contributed by atoms with Gasteiger partial charge in [-0.25, -0.2) is 8.42 Å². The van der Waals surface area contributed by atoms with E-state index in [2.05, 4.69) is 0 Å². The molecule has 5 heteroatoms.